The van der Waals surface area contributed by atoms with E-state index in [0.717, 1.165) is 5.56 Å². The van der Waals surface area contributed by atoms with Gasteiger partial charge in [0.25, 0.3) is 5.91 Å². The molecule has 3 aromatic rings. The Bertz CT molecular complexity index is 1120. The van der Waals surface area contributed by atoms with Gasteiger partial charge in [-0.3, -0.25) is 4.79 Å². The second-order valence-corrected chi connectivity index (χ2v) is 7.02. The van der Waals surface area contributed by atoms with E-state index in [0.29, 0.717) is 28.3 Å². The van der Waals surface area contributed by atoms with Crippen LogP contribution in [0.1, 0.15) is 40.1 Å². The van der Waals surface area contributed by atoms with Crippen LogP contribution in [0.25, 0.3) is 0 Å². The van der Waals surface area contributed by atoms with E-state index in [1.165, 1.54) is 10.7 Å². The number of rotatable bonds is 6. The summed E-state index contributed by atoms with van der Waals surface area (Å²) in [7, 11) is 0. The normalized spacial score (nSPS) is 13.1. The number of aromatic nitrogens is 2. The third kappa shape index (κ3) is 3.82. The Balaban J connectivity index is 1.53. The maximum Gasteiger partial charge on any atom is 0.390 e. The first-order valence-electron chi connectivity index (χ1n) is 9.39. The van der Waals surface area contributed by atoms with Crippen molar-refractivity contribution >= 4 is 11.7 Å². The fourth-order valence-corrected chi connectivity index (χ4v) is 3.32. The molecule has 2 aromatic carbocycles. The van der Waals surface area contributed by atoms with Gasteiger partial charge in [0.1, 0.15) is 0 Å². The van der Waals surface area contributed by atoms with Gasteiger partial charge in [-0.05, 0) is 48.1 Å². The molecule has 1 N–H and O–H groups in total. The summed E-state index contributed by atoms with van der Waals surface area (Å²) in [4.78, 5) is 23.4. The first-order valence-corrected chi connectivity index (χ1v) is 9.39. The summed E-state index contributed by atoms with van der Waals surface area (Å²) >= 11 is 0. The Kier molecular flexibility index (Phi) is 5.09. The quantitative estimate of drug-likeness (QED) is 0.495. The summed E-state index contributed by atoms with van der Waals surface area (Å²) in [6.07, 6.45) is 0. The maximum absolute atomic E-state index is 13.0. The van der Waals surface area contributed by atoms with Crippen LogP contribution in [0.5, 0.6) is 11.5 Å². The summed E-state index contributed by atoms with van der Waals surface area (Å²) in [6.45, 7) is 4.07. The van der Waals surface area contributed by atoms with Crippen LogP contribution in [-0.2, 0) is 6.54 Å². The first kappa shape index (κ1) is 19.4. The molecule has 9 heteroatoms. The molecule has 0 spiro atoms. The number of aryl methyl sites for hydroxylation is 1. The number of nitrogens with zero attached hydrogens (tertiary/aromatic N) is 3. The lowest BCUT2D eigenvalue weighted by atomic mass is 10.0. The van der Waals surface area contributed by atoms with Crippen LogP contribution >= 0.6 is 0 Å². The largest absolute Gasteiger partial charge is 0.454 e. The standard InChI is InChI=1S/C21H20N4O5/c1-13-9-20(25(27)28)23-24(13)11-16-5-3-4-6-17(16)21(26)22-14(2)15-7-8-18-19(10-15)30-12-29-18/h3-10,14H,11-12H2,1-2H3,(H,22,26). The Hall–Kier alpha value is -3.88. The van der Waals surface area contributed by atoms with Gasteiger partial charge in [0.2, 0.25) is 6.79 Å². The Labute approximate surface area is 172 Å². The van der Waals surface area contributed by atoms with E-state index in [1.54, 1.807) is 19.1 Å². The van der Waals surface area contributed by atoms with E-state index >= 15 is 0 Å². The average molecular weight is 408 g/mol. The smallest absolute Gasteiger partial charge is 0.390 e. The van der Waals surface area contributed by atoms with Gasteiger partial charge in [0.15, 0.2) is 11.5 Å². The SMILES string of the molecule is Cc1cc([N+](=O)[O-])nn1Cc1ccccc1C(=O)NC(C)c1ccc2c(c1)OCO2. The van der Waals surface area contributed by atoms with Crippen molar-refractivity contribution < 1.29 is 19.2 Å². The zero-order chi connectivity index (χ0) is 21.3. The van der Waals surface area contributed by atoms with Crippen molar-refractivity contribution in [3.05, 3.63) is 81.0 Å². The molecule has 0 saturated carbocycles. The van der Waals surface area contributed by atoms with E-state index < -0.39 is 4.92 Å². The zero-order valence-corrected chi connectivity index (χ0v) is 16.5. The summed E-state index contributed by atoms with van der Waals surface area (Å²) in [5.74, 6) is 0.886. The lowest BCUT2D eigenvalue weighted by Gasteiger charge is -2.16. The van der Waals surface area contributed by atoms with Crippen molar-refractivity contribution in [2.75, 3.05) is 6.79 Å². The molecule has 30 heavy (non-hydrogen) atoms. The van der Waals surface area contributed by atoms with Crippen LogP contribution in [0.2, 0.25) is 0 Å². The van der Waals surface area contributed by atoms with Crippen molar-refractivity contribution in [1.82, 2.24) is 15.1 Å². The van der Waals surface area contributed by atoms with Crippen molar-refractivity contribution in [2.45, 2.75) is 26.4 Å². The number of benzene rings is 2. The fraction of sp³-hybridized carbons (Fsp3) is 0.238. The van der Waals surface area contributed by atoms with E-state index in [9.17, 15) is 14.9 Å². The Morgan fingerprint density at radius 1 is 1.23 bits per heavy atom. The Morgan fingerprint density at radius 2 is 2.00 bits per heavy atom. The molecule has 1 aliphatic heterocycles. The monoisotopic (exact) mass is 408 g/mol. The number of carbonyl (C=O) groups is 1. The summed E-state index contributed by atoms with van der Waals surface area (Å²) in [5, 5.41) is 18.0. The number of amides is 1. The molecule has 0 bridgehead atoms. The van der Waals surface area contributed by atoms with Gasteiger partial charge in [0.05, 0.1) is 29.4 Å². The van der Waals surface area contributed by atoms with Crippen LogP contribution in [0, 0.1) is 17.0 Å². The van der Waals surface area contributed by atoms with Crippen LogP contribution in [-0.4, -0.2) is 27.4 Å². The highest BCUT2D eigenvalue weighted by Crippen LogP contribution is 2.34. The van der Waals surface area contributed by atoms with Gasteiger partial charge in [-0.1, -0.05) is 24.3 Å². The first-order chi connectivity index (χ1) is 14.4. The predicted octanol–water partition coefficient (Wildman–Crippen LogP) is 3.37. The van der Waals surface area contributed by atoms with Crippen LogP contribution < -0.4 is 14.8 Å². The summed E-state index contributed by atoms with van der Waals surface area (Å²) < 4.78 is 12.2. The van der Waals surface area contributed by atoms with Gasteiger partial charge in [-0.2, -0.15) is 4.68 Å². The number of nitro groups is 1. The summed E-state index contributed by atoms with van der Waals surface area (Å²) in [5.41, 5.74) is 2.74. The fourth-order valence-electron chi connectivity index (χ4n) is 3.32. The molecule has 2 heterocycles. The third-order valence-electron chi connectivity index (χ3n) is 4.98. The lowest BCUT2D eigenvalue weighted by Crippen LogP contribution is -2.28. The average Bonchev–Trinajstić information content (AvgIpc) is 3.34. The topological polar surface area (TPSA) is 109 Å². The van der Waals surface area contributed by atoms with Gasteiger partial charge in [-0.15, -0.1) is 0 Å². The number of nitrogens with one attached hydrogen (secondary N) is 1. The Morgan fingerprint density at radius 3 is 2.77 bits per heavy atom. The highest BCUT2D eigenvalue weighted by Gasteiger charge is 2.20. The molecule has 0 radical (unpaired) electrons. The molecular weight excluding hydrogens is 388 g/mol. The number of hydrogen-bond acceptors (Lipinski definition) is 6. The van der Waals surface area contributed by atoms with Crippen LogP contribution in [0.15, 0.2) is 48.5 Å². The van der Waals surface area contributed by atoms with Crippen molar-refractivity contribution in [2.24, 2.45) is 0 Å². The van der Waals surface area contributed by atoms with E-state index in [4.69, 9.17) is 9.47 Å². The molecule has 1 atom stereocenters. The molecule has 9 nitrogen and oxygen atoms in total. The number of fused-ring (bicyclic) bond motifs is 1. The molecular formula is C21H20N4O5. The van der Waals surface area contributed by atoms with Crippen molar-refractivity contribution in [1.29, 1.82) is 0 Å². The van der Waals surface area contributed by atoms with Crippen molar-refractivity contribution in [3.8, 4) is 11.5 Å². The minimum Gasteiger partial charge on any atom is -0.454 e. The molecule has 1 unspecified atom stereocenters. The second kappa shape index (κ2) is 7.86. The minimum atomic E-state index is -0.533. The number of carbonyl (C=O) groups excluding carboxylic acids is 1. The van der Waals surface area contributed by atoms with Gasteiger partial charge in [-0.25, -0.2) is 0 Å². The van der Waals surface area contributed by atoms with Gasteiger partial charge in [0, 0.05) is 5.56 Å². The molecule has 0 aliphatic carbocycles. The highest BCUT2D eigenvalue weighted by atomic mass is 16.7. The minimum absolute atomic E-state index is 0.192. The van der Waals surface area contributed by atoms with Crippen molar-refractivity contribution in [3.63, 3.8) is 0 Å². The van der Waals surface area contributed by atoms with E-state index in [1.807, 2.05) is 37.3 Å². The number of ether oxygens (including phenoxy) is 2. The molecule has 0 fully saturated rings. The second-order valence-electron chi connectivity index (χ2n) is 7.02. The lowest BCUT2D eigenvalue weighted by molar-refractivity contribution is -0.389. The molecule has 154 valence electrons. The molecule has 1 amide bonds. The predicted molar refractivity (Wildman–Crippen MR) is 108 cm³/mol. The number of hydrogen-bond donors (Lipinski definition) is 1. The van der Waals surface area contributed by atoms with Crippen LogP contribution in [0.3, 0.4) is 0 Å². The van der Waals surface area contributed by atoms with Gasteiger partial charge < -0.3 is 24.9 Å². The van der Waals surface area contributed by atoms with Crippen LogP contribution in [0.4, 0.5) is 5.82 Å². The zero-order valence-electron chi connectivity index (χ0n) is 16.5. The molecule has 0 saturated heterocycles. The third-order valence-corrected chi connectivity index (χ3v) is 4.98. The summed E-state index contributed by atoms with van der Waals surface area (Å²) in [6, 6.07) is 13.8. The van der Waals surface area contributed by atoms with Gasteiger partial charge >= 0.3 is 5.82 Å². The molecule has 1 aliphatic rings. The van der Waals surface area contributed by atoms with E-state index in [2.05, 4.69) is 10.4 Å². The maximum atomic E-state index is 13.0. The highest BCUT2D eigenvalue weighted by molar-refractivity contribution is 5.95. The molecule has 4 rings (SSSR count). The van der Waals surface area contributed by atoms with E-state index in [-0.39, 0.29) is 31.1 Å². The molecule has 1 aromatic heterocycles.